The second-order valence-electron chi connectivity index (χ2n) is 4.73. The largest absolute Gasteiger partial charge is 0.481 e. The van der Waals surface area contributed by atoms with Gasteiger partial charge in [0.15, 0.2) is 0 Å². The van der Waals surface area contributed by atoms with Crippen molar-refractivity contribution >= 4 is 29.1 Å². The minimum absolute atomic E-state index is 0.0966. The van der Waals surface area contributed by atoms with Crippen LogP contribution in [0, 0.1) is 10.1 Å². The average molecular weight is 315 g/mol. The molecule has 21 heavy (non-hydrogen) atoms. The standard InChI is InChI=1S/C12H15ClN4O4/c13-9-7-10(17(20)21)12(14-8-9)16-5-3-15(4-6-16)2-1-11(18)19/h7-8H,1-6H2,(H,18,19). The molecule has 0 bridgehead atoms. The quantitative estimate of drug-likeness (QED) is 0.644. The number of pyridine rings is 1. The number of carboxylic acid groups (broad SMARTS) is 1. The van der Waals surface area contributed by atoms with Crippen molar-refractivity contribution in [1.29, 1.82) is 0 Å². The van der Waals surface area contributed by atoms with E-state index in [1.54, 1.807) is 0 Å². The molecule has 0 amide bonds. The van der Waals surface area contributed by atoms with Crippen molar-refractivity contribution in [3.63, 3.8) is 0 Å². The maximum atomic E-state index is 11.1. The van der Waals surface area contributed by atoms with Crippen molar-refractivity contribution in [2.45, 2.75) is 6.42 Å². The Morgan fingerprint density at radius 2 is 2.10 bits per heavy atom. The molecular weight excluding hydrogens is 300 g/mol. The zero-order valence-corrected chi connectivity index (χ0v) is 12.0. The molecule has 0 spiro atoms. The molecule has 0 saturated carbocycles. The first-order chi connectivity index (χ1) is 9.97. The number of nitro groups is 1. The Hall–Kier alpha value is -1.93. The number of rotatable bonds is 5. The zero-order valence-electron chi connectivity index (χ0n) is 11.2. The predicted molar refractivity (Wildman–Crippen MR) is 76.8 cm³/mol. The molecule has 1 aromatic heterocycles. The minimum atomic E-state index is -0.826. The van der Waals surface area contributed by atoms with Gasteiger partial charge in [-0.2, -0.15) is 0 Å². The van der Waals surface area contributed by atoms with Gasteiger partial charge in [-0.15, -0.1) is 0 Å². The number of nitrogens with zero attached hydrogens (tertiary/aromatic N) is 4. The lowest BCUT2D eigenvalue weighted by molar-refractivity contribution is -0.384. The van der Waals surface area contributed by atoms with E-state index < -0.39 is 10.9 Å². The number of hydrogen-bond acceptors (Lipinski definition) is 6. The van der Waals surface area contributed by atoms with Gasteiger partial charge in [-0.25, -0.2) is 4.98 Å². The second-order valence-corrected chi connectivity index (χ2v) is 5.16. The van der Waals surface area contributed by atoms with Crippen LogP contribution in [0.25, 0.3) is 0 Å². The number of carboxylic acids is 1. The molecule has 2 heterocycles. The van der Waals surface area contributed by atoms with Crippen LogP contribution in [0.1, 0.15) is 6.42 Å². The van der Waals surface area contributed by atoms with E-state index >= 15 is 0 Å². The van der Waals surface area contributed by atoms with Crippen LogP contribution < -0.4 is 4.90 Å². The van der Waals surface area contributed by atoms with Crippen LogP contribution in [-0.4, -0.2) is 58.6 Å². The number of hydrogen-bond donors (Lipinski definition) is 1. The Bertz CT molecular complexity index is 546. The topological polar surface area (TPSA) is 99.8 Å². The van der Waals surface area contributed by atoms with Gasteiger partial charge in [0.2, 0.25) is 5.82 Å². The summed E-state index contributed by atoms with van der Waals surface area (Å²) in [7, 11) is 0. The number of aromatic nitrogens is 1. The highest BCUT2D eigenvalue weighted by Gasteiger charge is 2.25. The number of piperazine rings is 1. The maximum Gasteiger partial charge on any atom is 0.313 e. The van der Waals surface area contributed by atoms with Gasteiger partial charge in [0.25, 0.3) is 0 Å². The van der Waals surface area contributed by atoms with Crippen molar-refractivity contribution in [3.05, 3.63) is 27.4 Å². The third-order valence-electron chi connectivity index (χ3n) is 3.32. The Balaban J connectivity index is 2.02. The van der Waals surface area contributed by atoms with Crippen LogP contribution in [-0.2, 0) is 4.79 Å². The molecule has 0 atom stereocenters. The van der Waals surface area contributed by atoms with E-state index in [1.165, 1.54) is 12.3 Å². The Kier molecular flexibility index (Phi) is 4.92. The molecular formula is C12H15ClN4O4. The molecule has 1 aliphatic heterocycles. The SMILES string of the molecule is O=C(O)CCN1CCN(c2ncc(Cl)cc2[N+](=O)[O-])CC1. The highest BCUT2D eigenvalue weighted by molar-refractivity contribution is 6.30. The van der Waals surface area contributed by atoms with E-state index in [2.05, 4.69) is 4.98 Å². The zero-order chi connectivity index (χ0) is 15.4. The summed E-state index contributed by atoms with van der Waals surface area (Å²) in [6, 6.07) is 1.29. The first-order valence-corrected chi connectivity index (χ1v) is 6.84. The summed E-state index contributed by atoms with van der Waals surface area (Å²) in [5.74, 6) is -0.519. The fraction of sp³-hybridized carbons (Fsp3) is 0.500. The number of anilines is 1. The van der Waals surface area contributed by atoms with Crippen LogP contribution in [0.3, 0.4) is 0 Å². The predicted octanol–water partition coefficient (Wildman–Crippen LogP) is 1.24. The lowest BCUT2D eigenvalue weighted by Gasteiger charge is -2.34. The highest BCUT2D eigenvalue weighted by atomic mass is 35.5. The summed E-state index contributed by atoms with van der Waals surface area (Å²) in [4.78, 5) is 29.0. The third-order valence-corrected chi connectivity index (χ3v) is 3.53. The molecule has 114 valence electrons. The van der Waals surface area contributed by atoms with Crippen LogP contribution in [0.15, 0.2) is 12.3 Å². The third kappa shape index (κ3) is 4.02. The van der Waals surface area contributed by atoms with E-state index in [1.807, 2.05) is 9.80 Å². The Labute approximate surface area is 126 Å². The first kappa shape index (κ1) is 15.5. The Morgan fingerprint density at radius 1 is 1.43 bits per heavy atom. The summed E-state index contributed by atoms with van der Waals surface area (Å²) in [6.45, 7) is 2.91. The summed E-state index contributed by atoms with van der Waals surface area (Å²) in [5, 5.41) is 20.0. The van der Waals surface area contributed by atoms with E-state index in [0.29, 0.717) is 38.5 Å². The fourth-order valence-corrected chi connectivity index (χ4v) is 2.39. The van der Waals surface area contributed by atoms with Crippen molar-refractivity contribution in [1.82, 2.24) is 9.88 Å². The van der Waals surface area contributed by atoms with Gasteiger partial charge in [0.1, 0.15) is 0 Å². The molecule has 0 aliphatic carbocycles. The fourth-order valence-electron chi connectivity index (χ4n) is 2.24. The monoisotopic (exact) mass is 314 g/mol. The Morgan fingerprint density at radius 3 is 2.67 bits per heavy atom. The molecule has 1 aromatic rings. The maximum absolute atomic E-state index is 11.1. The number of halogens is 1. The van der Waals surface area contributed by atoms with Crippen LogP contribution >= 0.6 is 11.6 Å². The average Bonchev–Trinajstić information content (AvgIpc) is 2.45. The van der Waals surface area contributed by atoms with Crippen molar-refractivity contribution in [2.75, 3.05) is 37.6 Å². The molecule has 8 nitrogen and oxygen atoms in total. The second kappa shape index (κ2) is 6.68. The lowest BCUT2D eigenvalue weighted by atomic mass is 10.2. The summed E-state index contributed by atoms with van der Waals surface area (Å²) in [5.41, 5.74) is -0.110. The van der Waals surface area contributed by atoms with Gasteiger partial charge < -0.3 is 10.0 Å². The van der Waals surface area contributed by atoms with Crippen molar-refractivity contribution < 1.29 is 14.8 Å². The molecule has 0 unspecified atom stereocenters. The molecule has 1 aliphatic rings. The number of aliphatic carboxylic acids is 1. The van der Waals surface area contributed by atoms with Gasteiger partial charge in [-0.3, -0.25) is 19.8 Å². The summed E-state index contributed by atoms with van der Waals surface area (Å²) in [6.07, 6.45) is 1.49. The normalized spacial score (nSPS) is 16.0. The van der Waals surface area contributed by atoms with Gasteiger partial charge in [0.05, 0.1) is 16.4 Å². The molecule has 0 radical (unpaired) electrons. The van der Waals surface area contributed by atoms with Gasteiger partial charge in [-0.05, 0) is 0 Å². The van der Waals surface area contributed by atoms with E-state index in [0.717, 1.165) is 0 Å². The number of carbonyl (C=O) groups is 1. The van der Waals surface area contributed by atoms with Crippen molar-refractivity contribution in [3.8, 4) is 0 Å². The lowest BCUT2D eigenvalue weighted by Crippen LogP contribution is -2.47. The molecule has 2 rings (SSSR count). The smallest absolute Gasteiger partial charge is 0.313 e. The highest BCUT2D eigenvalue weighted by Crippen LogP contribution is 2.28. The minimum Gasteiger partial charge on any atom is -0.481 e. The summed E-state index contributed by atoms with van der Waals surface area (Å²) >= 11 is 5.74. The van der Waals surface area contributed by atoms with E-state index in [9.17, 15) is 14.9 Å². The van der Waals surface area contributed by atoms with E-state index in [-0.39, 0.29) is 17.1 Å². The van der Waals surface area contributed by atoms with Crippen molar-refractivity contribution in [2.24, 2.45) is 0 Å². The molecule has 1 fully saturated rings. The molecule has 9 heteroatoms. The van der Waals surface area contributed by atoms with Crippen LogP contribution in [0.5, 0.6) is 0 Å². The molecule has 1 N–H and O–H groups in total. The first-order valence-electron chi connectivity index (χ1n) is 6.46. The van der Waals surface area contributed by atoms with Crippen LogP contribution in [0.4, 0.5) is 11.5 Å². The summed E-state index contributed by atoms with van der Waals surface area (Å²) < 4.78 is 0. The van der Waals surface area contributed by atoms with Crippen LogP contribution in [0.2, 0.25) is 5.02 Å². The van der Waals surface area contributed by atoms with Gasteiger partial charge in [0, 0.05) is 45.0 Å². The van der Waals surface area contributed by atoms with Gasteiger partial charge in [-0.1, -0.05) is 11.6 Å². The molecule has 1 saturated heterocycles. The van der Waals surface area contributed by atoms with Gasteiger partial charge >= 0.3 is 11.7 Å². The van der Waals surface area contributed by atoms with E-state index in [4.69, 9.17) is 16.7 Å². The molecule has 0 aromatic carbocycles.